The molecule has 2 heterocycles. The Morgan fingerprint density at radius 2 is 1.93 bits per heavy atom. The van der Waals surface area contributed by atoms with Gasteiger partial charge in [0.1, 0.15) is 12.4 Å². The highest BCUT2D eigenvalue weighted by Gasteiger charge is 2.28. The van der Waals surface area contributed by atoms with E-state index in [0.717, 1.165) is 11.3 Å². The van der Waals surface area contributed by atoms with Crippen LogP contribution in [0.15, 0.2) is 35.1 Å². The van der Waals surface area contributed by atoms with Crippen LogP contribution in [-0.4, -0.2) is 51.7 Å². The van der Waals surface area contributed by atoms with Gasteiger partial charge in [-0.05, 0) is 25.5 Å². The Morgan fingerprint density at radius 1 is 1.34 bits per heavy atom. The third-order valence-electron chi connectivity index (χ3n) is 3.50. The van der Waals surface area contributed by atoms with Crippen molar-refractivity contribution in [3.8, 4) is 5.88 Å². The summed E-state index contributed by atoms with van der Waals surface area (Å²) in [5, 5.41) is 8.94. The van der Waals surface area contributed by atoms with E-state index < -0.39 is 18.8 Å². The molecule has 2 rings (SSSR count). The third-order valence-corrected chi connectivity index (χ3v) is 3.50. The van der Waals surface area contributed by atoms with Crippen molar-refractivity contribution >= 4 is 11.7 Å². The molecule has 0 radical (unpaired) electrons. The SMILES string of the molecule is CC(C)(C)[NH-].CC1=CC(C(=O)O)=NCN1C(C)c1ccc(OCC(F)(F)F)nc1. The molecule has 1 atom stereocenters. The molecule has 29 heavy (non-hydrogen) atoms. The fourth-order valence-electron chi connectivity index (χ4n) is 2.21. The summed E-state index contributed by atoms with van der Waals surface area (Å²) in [5.74, 6) is -1.20. The van der Waals surface area contributed by atoms with Crippen molar-refractivity contribution in [2.24, 2.45) is 4.99 Å². The highest BCUT2D eigenvalue weighted by molar-refractivity contribution is 6.40. The molecule has 1 aliphatic heterocycles. The molecular weight excluding hydrogens is 389 g/mol. The number of halogens is 3. The number of ether oxygens (including phenoxy) is 1. The zero-order valence-electron chi connectivity index (χ0n) is 17.0. The molecule has 0 spiro atoms. The van der Waals surface area contributed by atoms with Crippen LogP contribution in [0.3, 0.4) is 0 Å². The lowest BCUT2D eigenvalue weighted by Gasteiger charge is -2.32. The van der Waals surface area contributed by atoms with Gasteiger partial charge in [-0.25, -0.2) is 9.78 Å². The first-order valence-corrected chi connectivity index (χ1v) is 8.80. The van der Waals surface area contributed by atoms with Gasteiger partial charge in [0, 0.05) is 18.0 Å². The minimum absolute atomic E-state index is 0.00928. The van der Waals surface area contributed by atoms with Gasteiger partial charge in [0.05, 0.1) is 6.04 Å². The van der Waals surface area contributed by atoms with Crippen LogP contribution in [0.25, 0.3) is 5.73 Å². The van der Waals surface area contributed by atoms with E-state index in [9.17, 15) is 18.0 Å². The molecule has 0 saturated heterocycles. The highest BCUT2D eigenvalue weighted by Crippen LogP contribution is 2.26. The summed E-state index contributed by atoms with van der Waals surface area (Å²) in [6.45, 7) is 7.98. The number of carboxylic acids is 1. The molecule has 0 amide bonds. The second-order valence-electron chi connectivity index (χ2n) is 7.51. The predicted octanol–water partition coefficient (Wildman–Crippen LogP) is 4.62. The Labute approximate surface area is 168 Å². The number of hydrogen-bond acceptors (Lipinski definition) is 5. The van der Waals surface area contributed by atoms with Crippen LogP contribution in [0.2, 0.25) is 0 Å². The van der Waals surface area contributed by atoms with Crippen molar-refractivity contribution in [2.75, 3.05) is 13.3 Å². The molecule has 1 aromatic heterocycles. The van der Waals surface area contributed by atoms with Crippen LogP contribution in [0.4, 0.5) is 13.2 Å². The van der Waals surface area contributed by atoms with Gasteiger partial charge in [-0.1, -0.05) is 26.8 Å². The fourth-order valence-corrected chi connectivity index (χ4v) is 2.21. The van der Waals surface area contributed by atoms with Gasteiger partial charge in [0.15, 0.2) is 6.61 Å². The lowest BCUT2D eigenvalue weighted by molar-refractivity contribution is -0.154. The van der Waals surface area contributed by atoms with E-state index in [4.69, 9.17) is 10.8 Å². The first-order chi connectivity index (χ1) is 13.2. The average Bonchev–Trinajstić information content (AvgIpc) is 2.57. The molecular formula is C19H26F3N4O3-. The molecule has 1 unspecified atom stereocenters. The minimum Gasteiger partial charge on any atom is -0.673 e. The maximum absolute atomic E-state index is 12.1. The molecule has 1 aliphatic rings. The second kappa shape index (κ2) is 9.73. The molecule has 0 saturated carbocycles. The van der Waals surface area contributed by atoms with Crippen LogP contribution < -0.4 is 4.74 Å². The normalized spacial score (nSPS) is 15.6. The monoisotopic (exact) mass is 415 g/mol. The summed E-state index contributed by atoms with van der Waals surface area (Å²) in [5.41, 5.74) is 8.15. The molecule has 10 heteroatoms. The molecule has 0 aromatic carbocycles. The fraction of sp³-hybridized carbons (Fsp3) is 0.526. The van der Waals surface area contributed by atoms with Crippen LogP contribution in [-0.2, 0) is 4.79 Å². The maximum atomic E-state index is 12.1. The number of carbonyl (C=O) groups is 1. The van der Waals surface area contributed by atoms with Gasteiger partial charge in [0.2, 0.25) is 5.88 Å². The molecule has 0 bridgehead atoms. The van der Waals surface area contributed by atoms with E-state index >= 15 is 0 Å². The Kier molecular flexibility index (Phi) is 8.19. The Bertz CT molecular complexity index is 747. The number of rotatable bonds is 5. The molecule has 1 aromatic rings. The number of carboxylic acid groups (broad SMARTS) is 1. The number of aliphatic carboxylic acids is 1. The van der Waals surface area contributed by atoms with Gasteiger partial charge in [-0.15, -0.1) is 5.54 Å². The van der Waals surface area contributed by atoms with E-state index in [1.807, 2.05) is 32.6 Å². The summed E-state index contributed by atoms with van der Waals surface area (Å²) < 4.78 is 40.9. The topological polar surface area (TPSA) is 98.8 Å². The first kappa shape index (κ1) is 24.4. The number of hydrogen-bond donors (Lipinski definition) is 1. The number of aliphatic imine (C=N–C) groups is 1. The minimum atomic E-state index is -4.41. The summed E-state index contributed by atoms with van der Waals surface area (Å²) in [4.78, 5) is 20.6. The Balaban J connectivity index is 0.000000749. The summed E-state index contributed by atoms with van der Waals surface area (Å²) in [6, 6.07) is 2.81. The molecule has 0 fully saturated rings. The van der Waals surface area contributed by atoms with Crippen molar-refractivity contribution in [3.05, 3.63) is 41.4 Å². The Hall–Kier alpha value is -2.62. The van der Waals surface area contributed by atoms with E-state index in [1.165, 1.54) is 18.3 Å². The van der Waals surface area contributed by atoms with Crippen molar-refractivity contribution in [1.29, 1.82) is 0 Å². The van der Waals surface area contributed by atoms with Crippen molar-refractivity contribution < 1.29 is 27.8 Å². The van der Waals surface area contributed by atoms with E-state index in [0.29, 0.717) is 0 Å². The number of alkyl halides is 3. The van der Waals surface area contributed by atoms with Gasteiger partial charge < -0.3 is 20.5 Å². The highest BCUT2D eigenvalue weighted by atomic mass is 19.4. The largest absolute Gasteiger partial charge is 0.673 e. The number of nitrogens with one attached hydrogen (secondary N) is 1. The van der Waals surface area contributed by atoms with Gasteiger partial charge in [0.25, 0.3) is 0 Å². The number of aromatic nitrogens is 1. The zero-order valence-corrected chi connectivity index (χ0v) is 17.0. The van der Waals surface area contributed by atoms with Crippen molar-refractivity contribution in [2.45, 2.75) is 52.4 Å². The van der Waals surface area contributed by atoms with Crippen LogP contribution in [0.5, 0.6) is 5.88 Å². The van der Waals surface area contributed by atoms with Gasteiger partial charge >= 0.3 is 12.1 Å². The third kappa shape index (κ3) is 9.42. The summed E-state index contributed by atoms with van der Waals surface area (Å²) >= 11 is 0. The summed E-state index contributed by atoms with van der Waals surface area (Å²) in [7, 11) is 0. The number of nitrogens with zero attached hydrogens (tertiary/aromatic N) is 3. The van der Waals surface area contributed by atoms with E-state index in [-0.39, 0.29) is 29.8 Å². The molecule has 162 valence electrons. The second-order valence-corrected chi connectivity index (χ2v) is 7.51. The average molecular weight is 415 g/mol. The van der Waals surface area contributed by atoms with Gasteiger partial charge in [-0.2, -0.15) is 13.2 Å². The van der Waals surface area contributed by atoms with Crippen LogP contribution in [0, 0.1) is 0 Å². The lowest BCUT2D eigenvalue weighted by Crippen LogP contribution is -2.31. The predicted molar refractivity (Wildman–Crippen MR) is 104 cm³/mol. The standard InChI is InChI=1S/C15H16F3N3O3.C4H10N/c1-9-5-12(14(22)23)20-8-21(9)10(2)11-3-4-13(19-6-11)24-7-15(16,17)18;1-4(2,3)5/h3-6,10H,7-8H2,1-2H3,(H,22,23);5H,1-3H3/q;-1. The van der Waals surface area contributed by atoms with E-state index in [1.54, 1.807) is 13.0 Å². The van der Waals surface area contributed by atoms with Crippen LogP contribution >= 0.6 is 0 Å². The lowest BCUT2D eigenvalue weighted by atomic mass is 10.1. The van der Waals surface area contributed by atoms with E-state index in [2.05, 4.69) is 14.7 Å². The summed E-state index contributed by atoms with van der Waals surface area (Å²) in [6.07, 6.45) is -1.51. The van der Waals surface area contributed by atoms with Crippen LogP contribution in [0.1, 0.15) is 46.2 Å². The quantitative estimate of drug-likeness (QED) is 0.756. The maximum Gasteiger partial charge on any atom is 0.422 e. The molecule has 7 nitrogen and oxygen atoms in total. The number of pyridine rings is 1. The number of allylic oxidation sites excluding steroid dienone is 1. The first-order valence-electron chi connectivity index (χ1n) is 8.80. The molecule has 2 N–H and O–H groups in total. The van der Waals surface area contributed by atoms with Gasteiger partial charge in [-0.3, -0.25) is 4.99 Å². The smallest absolute Gasteiger partial charge is 0.422 e. The van der Waals surface area contributed by atoms with Crippen molar-refractivity contribution in [1.82, 2.24) is 9.88 Å². The Morgan fingerprint density at radius 3 is 2.34 bits per heavy atom. The molecule has 0 aliphatic carbocycles. The van der Waals surface area contributed by atoms with Crippen molar-refractivity contribution in [3.63, 3.8) is 0 Å². The zero-order chi connectivity index (χ0) is 22.4.